The van der Waals surface area contributed by atoms with Gasteiger partial charge in [-0.25, -0.2) is 0 Å². The van der Waals surface area contributed by atoms with Crippen molar-refractivity contribution in [2.45, 2.75) is 6.42 Å². The zero-order valence-electron chi connectivity index (χ0n) is 33.6. The fraction of sp³-hybridized carbons (Fsp3) is 0.310. The number of hydrogen-bond donors (Lipinski definition) is 8. The van der Waals surface area contributed by atoms with Crippen molar-refractivity contribution in [2.75, 3.05) is 91.6 Å². The molecule has 326 valence electrons. The van der Waals surface area contributed by atoms with Crippen LogP contribution in [0.15, 0.2) is 66.9 Å². The standard InChI is InChI=1S/C22H28N4O6.C20H21NO4.3ClH/c27-11-9-23-5-7-25-13-1-2-14(26-8-6-24-10-12-28)18-17(13)21(31)19-15(29)3-4-16(30)20(19)22(18)32;1-22-17-6-5-13(10-18(17)23-2)9-16-15-12-20(25-4)19(24-3)11-14(15)7-8-21-16;;;/h1-4,23-30H,5-12H2;5-8,10-12H,9H2,1-4H3;3*1H. The Morgan fingerprint density at radius 2 is 1.03 bits per heavy atom. The first kappa shape index (κ1) is 50.9. The van der Waals surface area contributed by atoms with Crippen LogP contribution in [-0.4, -0.2) is 118 Å². The number of pyridine rings is 1. The minimum absolute atomic E-state index is 0. The molecular weight excluding hydrogens is 841 g/mol. The van der Waals surface area contributed by atoms with Gasteiger partial charge in [-0.1, -0.05) is 6.07 Å². The highest BCUT2D eigenvalue weighted by molar-refractivity contribution is 6.33. The highest BCUT2D eigenvalue weighted by atomic mass is 35.5. The predicted octanol–water partition coefficient (Wildman–Crippen LogP) is 4.99. The van der Waals surface area contributed by atoms with Crippen LogP contribution in [0.25, 0.3) is 10.8 Å². The molecule has 1 aromatic heterocycles. The Bertz CT molecular complexity index is 2130. The van der Waals surface area contributed by atoms with E-state index in [1.54, 1.807) is 40.6 Å². The van der Waals surface area contributed by atoms with Gasteiger partial charge in [0.25, 0.3) is 0 Å². The molecule has 0 spiro atoms. The van der Waals surface area contributed by atoms with E-state index < -0.39 is 11.6 Å². The molecule has 0 radical (unpaired) electrons. The summed E-state index contributed by atoms with van der Waals surface area (Å²) >= 11 is 0. The molecule has 5 aromatic rings. The second-order valence-corrected chi connectivity index (χ2v) is 12.8. The first-order valence-electron chi connectivity index (χ1n) is 18.3. The molecule has 4 aromatic carbocycles. The van der Waals surface area contributed by atoms with Crippen molar-refractivity contribution in [3.63, 3.8) is 0 Å². The summed E-state index contributed by atoms with van der Waals surface area (Å²) in [5.74, 6) is 0.956. The molecule has 0 aliphatic heterocycles. The maximum Gasteiger partial charge on any atom is 0.200 e. The normalized spacial score (nSPS) is 11.0. The second-order valence-electron chi connectivity index (χ2n) is 12.8. The highest BCUT2D eigenvalue weighted by Gasteiger charge is 2.38. The van der Waals surface area contributed by atoms with Gasteiger partial charge in [-0.3, -0.25) is 14.6 Å². The van der Waals surface area contributed by atoms with Crippen molar-refractivity contribution in [1.29, 1.82) is 0 Å². The zero-order valence-corrected chi connectivity index (χ0v) is 36.1. The lowest BCUT2D eigenvalue weighted by molar-refractivity contribution is 0.0975. The molecule has 0 atom stereocenters. The number of fused-ring (bicyclic) bond motifs is 3. The summed E-state index contributed by atoms with van der Waals surface area (Å²) in [5.41, 5.74) is 2.73. The molecule has 1 aliphatic rings. The van der Waals surface area contributed by atoms with E-state index in [-0.39, 0.29) is 84.2 Å². The van der Waals surface area contributed by atoms with Crippen LogP contribution in [0.1, 0.15) is 43.1 Å². The topological polar surface area (TPSA) is 213 Å². The third kappa shape index (κ3) is 11.7. The Hall–Kier alpha value is -5.26. The summed E-state index contributed by atoms with van der Waals surface area (Å²) in [5, 5.41) is 52.7. The van der Waals surface area contributed by atoms with Gasteiger partial charge in [0.1, 0.15) is 11.5 Å². The van der Waals surface area contributed by atoms with Gasteiger partial charge >= 0.3 is 0 Å². The number of ether oxygens (including phenoxy) is 4. The Morgan fingerprint density at radius 3 is 1.52 bits per heavy atom. The van der Waals surface area contributed by atoms with Crippen LogP contribution < -0.4 is 40.2 Å². The fourth-order valence-electron chi connectivity index (χ4n) is 6.52. The van der Waals surface area contributed by atoms with E-state index in [9.17, 15) is 19.8 Å². The van der Waals surface area contributed by atoms with Crippen molar-refractivity contribution < 1.29 is 49.0 Å². The van der Waals surface area contributed by atoms with Gasteiger partial charge in [-0.05, 0) is 65.5 Å². The number of nitrogens with one attached hydrogen (secondary N) is 4. The summed E-state index contributed by atoms with van der Waals surface area (Å²) in [6, 6.07) is 17.5. The first-order chi connectivity index (χ1) is 27.7. The number of nitrogens with zero attached hydrogens (tertiary/aromatic N) is 1. The lowest BCUT2D eigenvalue weighted by Gasteiger charge is -2.25. The van der Waals surface area contributed by atoms with Crippen LogP contribution in [0.5, 0.6) is 34.5 Å². The molecule has 0 unspecified atom stereocenters. The Morgan fingerprint density at radius 1 is 0.550 bits per heavy atom. The monoisotopic (exact) mass is 891 g/mol. The van der Waals surface area contributed by atoms with Crippen molar-refractivity contribution >= 4 is 70.9 Å². The number of ketones is 2. The molecule has 6 rings (SSSR count). The molecule has 0 amide bonds. The number of aromatic hydroxyl groups is 2. The van der Waals surface area contributed by atoms with Gasteiger partial charge in [-0.15, -0.1) is 37.2 Å². The number of hydrogen-bond acceptors (Lipinski definition) is 15. The number of halogens is 3. The Labute approximate surface area is 367 Å². The number of anilines is 2. The second kappa shape index (κ2) is 24.7. The van der Waals surface area contributed by atoms with Crippen molar-refractivity contribution in [1.82, 2.24) is 15.6 Å². The number of aliphatic hydroxyl groups is 2. The van der Waals surface area contributed by atoms with Crippen molar-refractivity contribution in [2.24, 2.45) is 0 Å². The van der Waals surface area contributed by atoms with Gasteiger partial charge < -0.3 is 60.6 Å². The molecule has 15 nitrogen and oxygen atoms in total. The number of carbonyl (C=O) groups excluding carboxylic acids is 2. The van der Waals surface area contributed by atoms with E-state index in [0.717, 1.165) is 22.0 Å². The lowest BCUT2D eigenvalue weighted by atomic mass is 9.81. The maximum atomic E-state index is 13.4. The minimum atomic E-state index is -0.559. The van der Waals surface area contributed by atoms with Crippen LogP contribution in [0.2, 0.25) is 0 Å². The number of benzene rings is 4. The van der Waals surface area contributed by atoms with E-state index in [2.05, 4.69) is 26.3 Å². The smallest absolute Gasteiger partial charge is 0.200 e. The Balaban J connectivity index is 0.000000404. The highest BCUT2D eigenvalue weighted by Crippen LogP contribution is 2.42. The molecular formula is C42H52Cl3N5O10. The summed E-state index contributed by atoms with van der Waals surface area (Å²) in [7, 11) is 6.53. The lowest BCUT2D eigenvalue weighted by Crippen LogP contribution is -2.28. The minimum Gasteiger partial charge on any atom is -0.507 e. The van der Waals surface area contributed by atoms with Gasteiger partial charge in [0, 0.05) is 68.6 Å². The average Bonchev–Trinajstić information content (AvgIpc) is 3.23. The molecule has 1 heterocycles. The van der Waals surface area contributed by atoms with Crippen molar-refractivity contribution in [3.05, 3.63) is 100 Å². The molecule has 8 N–H and O–H groups in total. The average molecular weight is 893 g/mol. The number of carbonyl (C=O) groups is 2. The maximum absolute atomic E-state index is 13.4. The Kier molecular flexibility index (Phi) is 21.0. The largest absolute Gasteiger partial charge is 0.507 e. The van der Waals surface area contributed by atoms with Gasteiger partial charge in [0.15, 0.2) is 23.0 Å². The quantitative estimate of drug-likeness (QED) is 0.0422. The summed E-state index contributed by atoms with van der Waals surface area (Å²) < 4.78 is 21.5. The molecule has 0 saturated carbocycles. The summed E-state index contributed by atoms with van der Waals surface area (Å²) in [6.45, 7) is 2.81. The predicted molar refractivity (Wildman–Crippen MR) is 239 cm³/mol. The number of phenols is 2. The number of rotatable bonds is 18. The van der Waals surface area contributed by atoms with Gasteiger partial charge in [0.2, 0.25) is 11.6 Å². The van der Waals surface area contributed by atoms with E-state index in [4.69, 9.17) is 29.2 Å². The van der Waals surface area contributed by atoms with E-state index in [1.165, 1.54) is 12.1 Å². The van der Waals surface area contributed by atoms with Crippen LogP contribution >= 0.6 is 37.2 Å². The van der Waals surface area contributed by atoms with Gasteiger partial charge in [0.05, 0.1) is 69.6 Å². The number of aromatic nitrogens is 1. The van der Waals surface area contributed by atoms with Crippen LogP contribution in [0, 0.1) is 0 Å². The molecule has 1 aliphatic carbocycles. The molecule has 0 fully saturated rings. The number of aliphatic hydroxyl groups excluding tert-OH is 2. The molecule has 0 bridgehead atoms. The van der Waals surface area contributed by atoms with Crippen molar-refractivity contribution in [3.8, 4) is 34.5 Å². The van der Waals surface area contributed by atoms with Crippen LogP contribution in [-0.2, 0) is 6.42 Å². The number of methoxy groups -OCH3 is 4. The summed E-state index contributed by atoms with van der Waals surface area (Å²) in [6.07, 6.45) is 2.48. The molecule has 60 heavy (non-hydrogen) atoms. The third-order valence-electron chi connectivity index (χ3n) is 9.26. The van der Waals surface area contributed by atoms with Gasteiger partial charge in [-0.2, -0.15) is 0 Å². The SMILES string of the molecule is COc1ccc(Cc2nccc3cc(OC)c(OC)cc23)cc1OC.Cl.Cl.Cl.O=C1c2c(O)ccc(O)c2C(=O)c2c(NCCNCCO)ccc(NCCNCCO)c21. The fourth-order valence-corrected chi connectivity index (χ4v) is 6.52. The van der Waals surface area contributed by atoms with E-state index in [0.29, 0.717) is 80.1 Å². The summed E-state index contributed by atoms with van der Waals surface area (Å²) in [4.78, 5) is 31.3. The molecule has 0 saturated heterocycles. The zero-order chi connectivity index (χ0) is 40.9. The van der Waals surface area contributed by atoms with E-state index >= 15 is 0 Å². The first-order valence-corrected chi connectivity index (χ1v) is 18.3. The molecule has 18 heteroatoms. The third-order valence-corrected chi connectivity index (χ3v) is 9.26. The van der Waals surface area contributed by atoms with Crippen LogP contribution in [0.3, 0.4) is 0 Å². The van der Waals surface area contributed by atoms with E-state index in [1.807, 2.05) is 42.6 Å². The number of phenolic OH excluding ortho intramolecular Hbond substituents is 2. The van der Waals surface area contributed by atoms with Crippen LogP contribution in [0.4, 0.5) is 11.4 Å².